The molecule has 0 saturated carbocycles. The zero-order valence-corrected chi connectivity index (χ0v) is 18.1. The van der Waals surface area contributed by atoms with Crippen LogP contribution in [0.15, 0.2) is 42.5 Å². The Hall–Kier alpha value is -2.44. The van der Waals surface area contributed by atoms with Crippen LogP contribution in [0.25, 0.3) is 0 Å². The van der Waals surface area contributed by atoms with E-state index in [2.05, 4.69) is 5.32 Å². The standard InChI is InChI=1S/C21H24Cl2N2O4/c1-4-19(21(27)24-2)25(12-14-5-10-17(22)18(23)11-14)20(26)13-29-16-8-6-15(28-3)7-9-16/h5-11,19H,4,12-13H2,1-3H3,(H,24,27). The summed E-state index contributed by atoms with van der Waals surface area (Å²) in [6.07, 6.45) is 0.454. The molecule has 0 aromatic heterocycles. The number of rotatable bonds is 9. The summed E-state index contributed by atoms with van der Waals surface area (Å²) in [5.41, 5.74) is 0.763. The normalized spacial score (nSPS) is 11.5. The molecule has 0 aliphatic heterocycles. The van der Waals surface area contributed by atoms with Crippen molar-refractivity contribution in [2.45, 2.75) is 25.9 Å². The van der Waals surface area contributed by atoms with Crippen LogP contribution >= 0.6 is 23.2 Å². The Bertz CT molecular complexity index is 843. The lowest BCUT2D eigenvalue weighted by atomic mass is 10.1. The number of carbonyl (C=O) groups is 2. The van der Waals surface area contributed by atoms with Gasteiger partial charge in [-0.3, -0.25) is 9.59 Å². The molecule has 2 aromatic rings. The molecule has 2 amide bonds. The third kappa shape index (κ3) is 6.27. The minimum Gasteiger partial charge on any atom is -0.497 e. The summed E-state index contributed by atoms with van der Waals surface area (Å²) in [6.45, 7) is 1.84. The van der Waals surface area contributed by atoms with E-state index in [1.54, 1.807) is 56.6 Å². The molecule has 1 N–H and O–H groups in total. The summed E-state index contributed by atoms with van der Waals surface area (Å²) in [5, 5.41) is 3.42. The second-order valence-corrected chi connectivity index (χ2v) is 7.09. The number of nitrogens with zero attached hydrogens (tertiary/aromatic N) is 1. The summed E-state index contributed by atoms with van der Waals surface area (Å²) in [5.74, 6) is 0.657. The number of carbonyl (C=O) groups excluding carboxylic acids is 2. The van der Waals surface area contributed by atoms with Crippen LogP contribution in [0.4, 0.5) is 0 Å². The predicted octanol–water partition coefficient (Wildman–Crippen LogP) is 3.93. The number of benzene rings is 2. The number of ether oxygens (including phenoxy) is 2. The van der Waals surface area contributed by atoms with Crippen LogP contribution in [0, 0.1) is 0 Å². The first kappa shape index (κ1) is 22.8. The van der Waals surface area contributed by atoms with Gasteiger partial charge >= 0.3 is 0 Å². The average molecular weight is 439 g/mol. The van der Waals surface area contributed by atoms with Crippen molar-refractivity contribution < 1.29 is 19.1 Å². The van der Waals surface area contributed by atoms with Crippen LogP contribution in [-0.2, 0) is 16.1 Å². The van der Waals surface area contributed by atoms with Crippen LogP contribution in [0.2, 0.25) is 10.0 Å². The summed E-state index contributed by atoms with van der Waals surface area (Å²) in [6, 6.07) is 11.4. The molecule has 0 aliphatic rings. The van der Waals surface area contributed by atoms with Crippen molar-refractivity contribution in [1.29, 1.82) is 0 Å². The molecule has 1 atom stereocenters. The average Bonchev–Trinajstić information content (AvgIpc) is 2.74. The van der Waals surface area contributed by atoms with Crippen molar-refractivity contribution in [1.82, 2.24) is 10.2 Å². The first-order valence-electron chi connectivity index (χ1n) is 9.11. The van der Waals surface area contributed by atoms with E-state index in [4.69, 9.17) is 32.7 Å². The minimum absolute atomic E-state index is 0.202. The molecule has 0 saturated heterocycles. The number of amides is 2. The summed E-state index contributed by atoms with van der Waals surface area (Å²) >= 11 is 12.1. The van der Waals surface area contributed by atoms with Gasteiger partial charge in [-0.2, -0.15) is 0 Å². The molecule has 2 aromatic carbocycles. The van der Waals surface area contributed by atoms with Crippen molar-refractivity contribution >= 4 is 35.0 Å². The lowest BCUT2D eigenvalue weighted by Crippen LogP contribution is -2.49. The third-order valence-corrected chi connectivity index (χ3v) is 5.13. The number of methoxy groups -OCH3 is 1. The maximum atomic E-state index is 13.0. The quantitative estimate of drug-likeness (QED) is 0.643. The lowest BCUT2D eigenvalue weighted by Gasteiger charge is -2.30. The molecule has 0 aliphatic carbocycles. The summed E-state index contributed by atoms with van der Waals surface area (Å²) < 4.78 is 10.7. The number of hydrogen-bond donors (Lipinski definition) is 1. The van der Waals surface area contributed by atoms with E-state index >= 15 is 0 Å². The van der Waals surface area contributed by atoms with Gasteiger partial charge < -0.3 is 19.7 Å². The molecule has 8 heteroatoms. The smallest absolute Gasteiger partial charge is 0.261 e. The van der Waals surface area contributed by atoms with Crippen LogP contribution in [0.1, 0.15) is 18.9 Å². The van der Waals surface area contributed by atoms with Crippen LogP contribution < -0.4 is 14.8 Å². The Morgan fingerprint density at radius 2 is 1.72 bits per heavy atom. The van der Waals surface area contributed by atoms with E-state index in [0.29, 0.717) is 28.0 Å². The van der Waals surface area contributed by atoms with E-state index in [-0.39, 0.29) is 25.0 Å². The Morgan fingerprint density at radius 1 is 1.07 bits per heavy atom. The van der Waals surface area contributed by atoms with E-state index in [9.17, 15) is 9.59 Å². The highest BCUT2D eigenvalue weighted by molar-refractivity contribution is 6.42. The van der Waals surface area contributed by atoms with Crippen molar-refractivity contribution in [3.8, 4) is 11.5 Å². The maximum Gasteiger partial charge on any atom is 0.261 e. The Kier molecular flexibility index (Phi) is 8.61. The molecule has 0 heterocycles. The molecule has 156 valence electrons. The fourth-order valence-electron chi connectivity index (χ4n) is 2.82. The zero-order valence-electron chi connectivity index (χ0n) is 16.6. The van der Waals surface area contributed by atoms with Gasteiger partial charge in [-0.25, -0.2) is 0 Å². The van der Waals surface area contributed by atoms with Crippen molar-refractivity contribution in [3.05, 3.63) is 58.1 Å². The van der Waals surface area contributed by atoms with Gasteiger partial charge in [-0.05, 0) is 48.4 Å². The van der Waals surface area contributed by atoms with Gasteiger partial charge in [0.15, 0.2) is 6.61 Å². The highest BCUT2D eigenvalue weighted by Crippen LogP contribution is 2.24. The predicted molar refractivity (Wildman–Crippen MR) is 114 cm³/mol. The van der Waals surface area contributed by atoms with Gasteiger partial charge in [0.05, 0.1) is 17.2 Å². The van der Waals surface area contributed by atoms with Crippen LogP contribution in [-0.4, -0.2) is 43.5 Å². The number of nitrogens with one attached hydrogen (secondary N) is 1. The molecule has 29 heavy (non-hydrogen) atoms. The second kappa shape index (κ2) is 10.9. The van der Waals surface area contributed by atoms with Gasteiger partial charge in [0, 0.05) is 13.6 Å². The van der Waals surface area contributed by atoms with E-state index in [1.165, 1.54) is 4.90 Å². The minimum atomic E-state index is -0.638. The van der Waals surface area contributed by atoms with E-state index in [0.717, 1.165) is 5.56 Å². The molecule has 2 rings (SSSR count). The summed E-state index contributed by atoms with van der Waals surface area (Å²) in [7, 11) is 3.12. The van der Waals surface area contributed by atoms with Gasteiger partial charge in [-0.1, -0.05) is 36.2 Å². The Balaban J connectivity index is 2.18. The highest BCUT2D eigenvalue weighted by Gasteiger charge is 2.28. The SMILES string of the molecule is CCC(C(=O)NC)N(Cc1ccc(Cl)c(Cl)c1)C(=O)COc1ccc(OC)cc1. The van der Waals surface area contributed by atoms with E-state index < -0.39 is 6.04 Å². The summed E-state index contributed by atoms with van der Waals surface area (Å²) in [4.78, 5) is 26.8. The van der Waals surface area contributed by atoms with Crippen LogP contribution in [0.5, 0.6) is 11.5 Å². The molecule has 0 radical (unpaired) electrons. The number of likely N-dealkylation sites (N-methyl/N-ethyl adjacent to an activating group) is 1. The first-order chi connectivity index (χ1) is 13.9. The monoisotopic (exact) mass is 438 g/mol. The maximum absolute atomic E-state index is 13.0. The third-order valence-electron chi connectivity index (χ3n) is 4.39. The topological polar surface area (TPSA) is 67.9 Å². The molecule has 0 spiro atoms. The van der Waals surface area contributed by atoms with Crippen molar-refractivity contribution in [2.75, 3.05) is 20.8 Å². The van der Waals surface area contributed by atoms with Gasteiger partial charge in [0.2, 0.25) is 5.91 Å². The van der Waals surface area contributed by atoms with E-state index in [1.807, 2.05) is 6.92 Å². The number of halogens is 2. The Labute approximate surface area is 180 Å². The van der Waals surface area contributed by atoms with Crippen LogP contribution in [0.3, 0.4) is 0 Å². The molecular formula is C21H24Cl2N2O4. The van der Waals surface area contributed by atoms with Gasteiger partial charge in [0.25, 0.3) is 5.91 Å². The fraction of sp³-hybridized carbons (Fsp3) is 0.333. The molecule has 1 unspecified atom stereocenters. The Morgan fingerprint density at radius 3 is 2.28 bits per heavy atom. The van der Waals surface area contributed by atoms with Crippen molar-refractivity contribution in [3.63, 3.8) is 0 Å². The molecular weight excluding hydrogens is 415 g/mol. The second-order valence-electron chi connectivity index (χ2n) is 6.27. The molecule has 0 bridgehead atoms. The number of hydrogen-bond acceptors (Lipinski definition) is 4. The fourth-order valence-corrected chi connectivity index (χ4v) is 3.14. The zero-order chi connectivity index (χ0) is 21.4. The highest BCUT2D eigenvalue weighted by atomic mass is 35.5. The largest absolute Gasteiger partial charge is 0.497 e. The van der Waals surface area contributed by atoms with Gasteiger partial charge in [-0.15, -0.1) is 0 Å². The molecule has 0 fully saturated rings. The first-order valence-corrected chi connectivity index (χ1v) is 9.87. The van der Waals surface area contributed by atoms with Crippen molar-refractivity contribution in [2.24, 2.45) is 0 Å². The lowest BCUT2D eigenvalue weighted by molar-refractivity contribution is -0.142. The molecule has 6 nitrogen and oxygen atoms in total. The van der Waals surface area contributed by atoms with Gasteiger partial charge in [0.1, 0.15) is 17.5 Å².